The van der Waals surface area contributed by atoms with Crippen LogP contribution >= 0.6 is 28.3 Å². The van der Waals surface area contributed by atoms with Crippen LogP contribution in [0.25, 0.3) is 11.3 Å². The number of hydrogen-bond acceptors (Lipinski definition) is 3. The fourth-order valence-electron chi connectivity index (χ4n) is 2.28. The van der Waals surface area contributed by atoms with E-state index in [1.807, 2.05) is 35.2 Å². The molecule has 1 amide bonds. The molecule has 1 fully saturated rings. The Morgan fingerprint density at radius 1 is 1.19 bits per heavy atom. The number of aromatic nitrogens is 2. The van der Waals surface area contributed by atoms with Crippen LogP contribution in [-0.4, -0.2) is 47.2 Å². The highest BCUT2D eigenvalue weighted by Crippen LogP contribution is 2.29. The van der Waals surface area contributed by atoms with Crippen LogP contribution in [0.15, 0.2) is 34.8 Å². The number of nitrogens with one attached hydrogen (secondary N) is 2. The normalized spacial score (nSPS) is 14.6. The van der Waals surface area contributed by atoms with Crippen molar-refractivity contribution in [1.29, 1.82) is 0 Å². The average molecular weight is 372 g/mol. The second kappa shape index (κ2) is 7.06. The van der Waals surface area contributed by atoms with Crippen LogP contribution in [0.1, 0.15) is 10.5 Å². The Morgan fingerprint density at radius 3 is 2.52 bits per heavy atom. The first-order chi connectivity index (χ1) is 9.77. The Hall–Kier alpha value is -1.37. The monoisotopic (exact) mass is 370 g/mol. The highest BCUT2D eigenvalue weighted by atomic mass is 79.9. The van der Waals surface area contributed by atoms with Crippen LogP contribution in [0.5, 0.6) is 0 Å². The van der Waals surface area contributed by atoms with Crippen LogP contribution in [0.3, 0.4) is 0 Å². The molecule has 5 nitrogen and oxygen atoms in total. The van der Waals surface area contributed by atoms with Crippen molar-refractivity contribution >= 4 is 34.2 Å². The summed E-state index contributed by atoms with van der Waals surface area (Å²) in [5.41, 5.74) is 2.27. The number of rotatable bonds is 2. The van der Waals surface area contributed by atoms with E-state index in [0.29, 0.717) is 5.69 Å². The van der Waals surface area contributed by atoms with E-state index in [4.69, 9.17) is 0 Å². The first-order valence-electron chi connectivity index (χ1n) is 6.56. The maximum absolute atomic E-state index is 12.5. The van der Waals surface area contributed by atoms with Gasteiger partial charge < -0.3 is 10.2 Å². The summed E-state index contributed by atoms with van der Waals surface area (Å²) in [5, 5.41) is 10.4. The minimum absolute atomic E-state index is 0. The molecule has 0 aliphatic carbocycles. The number of amides is 1. The molecular weight excluding hydrogens is 356 g/mol. The summed E-state index contributed by atoms with van der Waals surface area (Å²) in [6.45, 7) is 3.13. The molecule has 0 saturated carbocycles. The van der Waals surface area contributed by atoms with E-state index in [0.717, 1.165) is 41.9 Å². The predicted octanol–water partition coefficient (Wildman–Crippen LogP) is 2.31. The van der Waals surface area contributed by atoms with Crippen LogP contribution in [0.4, 0.5) is 0 Å². The van der Waals surface area contributed by atoms with Gasteiger partial charge in [0.2, 0.25) is 0 Å². The number of nitrogens with zero attached hydrogens (tertiary/aromatic N) is 2. The number of carbonyl (C=O) groups is 1. The highest BCUT2D eigenvalue weighted by molar-refractivity contribution is 9.10. The molecule has 0 spiro atoms. The van der Waals surface area contributed by atoms with E-state index >= 15 is 0 Å². The lowest BCUT2D eigenvalue weighted by Crippen LogP contribution is -2.46. The van der Waals surface area contributed by atoms with Gasteiger partial charge in [-0.1, -0.05) is 30.3 Å². The lowest BCUT2D eigenvalue weighted by Gasteiger charge is -2.26. The van der Waals surface area contributed by atoms with E-state index < -0.39 is 0 Å². The number of H-pyrrole nitrogens is 1. The molecule has 0 atom stereocenters. The topological polar surface area (TPSA) is 61.0 Å². The number of carbonyl (C=O) groups excluding carboxylic acids is 1. The number of benzene rings is 1. The van der Waals surface area contributed by atoms with E-state index in [1.54, 1.807) is 0 Å². The molecule has 1 aromatic heterocycles. The zero-order valence-corrected chi connectivity index (χ0v) is 13.7. The van der Waals surface area contributed by atoms with Gasteiger partial charge in [0, 0.05) is 31.7 Å². The quantitative estimate of drug-likeness (QED) is 0.851. The molecule has 0 unspecified atom stereocenters. The third-order valence-electron chi connectivity index (χ3n) is 3.37. The van der Waals surface area contributed by atoms with Crippen LogP contribution in [-0.2, 0) is 0 Å². The Labute approximate surface area is 137 Å². The molecule has 2 heterocycles. The fraction of sp³-hybridized carbons (Fsp3) is 0.286. The van der Waals surface area contributed by atoms with Crippen molar-refractivity contribution < 1.29 is 4.79 Å². The zero-order valence-electron chi connectivity index (χ0n) is 11.3. The maximum Gasteiger partial charge on any atom is 0.273 e. The first kappa shape index (κ1) is 16.0. The van der Waals surface area contributed by atoms with Crippen molar-refractivity contribution in [2.24, 2.45) is 0 Å². The lowest BCUT2D eigenvalue weighted by atomic mass is 10.1. The largest absolute Gasteiger partial charge is 0.335 e. The Morgan fingerprint density at radius 2 is 1.86 bits per heavy atom. The predicted molar refractivity (Wildman–Crippen MR) is 87.7 cm³/mol. The Bertz CT molecular complexity index is 611. The van der Waals surface area contributed by atoms with Crippen molar-refractivity contribution in [3.63, 3.8) is 0 Å². The van der Waals surface area contributed by atoms with Gasteiger partial charge >= 0.3 is 0 Å². The molecule has 1 saturated heterocycles. The second-order valence-corrected chi connectivity index (χ2v) is 5.46. The first-order valence-corrected chi connectivity index (χ1v) is 7.36. The molecule has 1 aliphatic rings. The van der Waals surface area contributed by atoms with Crippen molar-refractivity contribution in [2.75, 3.05) is 26.2 Å². The van der Waals surface area contributed by atoms with E-state index in [-0.39, 0.29) is 18.3 Å². The van der Waals surface area contributed by atoms with Gasteiger partial charge in [-0.2, -0.15) is 5.10 Å². The zero-order chi connectivity index (χ0) is 13.9. The molecule has 1 aromatic carbocycles. The minimum Gasteiger partial charge on any atom is -0.335 e. The fourth-order valence-corrected chi connectivity index (χ4v) is 2.86. The van der Waals surface area contributed by atoms with Gasteiger partial charge in [0.05, 0.1) is 4.47 Å². The summed E-state index contributed by atoms with van der Waals surface area (Å²) in [6.07, 6.45) is 0. The summed E-state index contributed by atoms with van der Waals surface area (Å²) < 4.78 is 0.729. The SMILES string of the molecule is Cl.O=C(c1[nH]nc(-c2ccccc2)c1Br)N1CCNCC1. The Balaban J connectivity index is 0.00000161. The molecule has 2 N–H and O–H groups in total. The average Bonchev–Trinajstić information content (AvgIpc) is 2.90. The van der Waals surface area contributed by atoms with Gasteiger partial charge in [-0.3, -0.25) is 9.89 Å². The number of piperazine rings is 1. The summed E-state index contributed by atoms with van der Waals surface area (Å²) in [7, 11) is 0. The summed E-state index contributed by atoms with van der Waals surface area (Å²) >= 11 is 3.50. The molecule has 0 bridgehead atoms. The van der Waals surface area contributed by atoms with E-state index in [1.165, 1.54) is 0 Å². The minimum atomic E-state index is -0.00643. The maximum atomic E-state index is 12.5. The van der Waals surface area contributed by atoms with Crippen LogP contribution in [0, 0.1) is 0 Å². The highest BCUT2D eigenvalue weighted by Gasteiger charge is 2.24. The van der Waals surface area contributed by atoms with Gasteiger partial charge in [-0.05, 0) is 15.9 Å². The van der Waals surface area contributed by atoms with Gasteiger partial charge in [-0.15, -0.1) is 12.4 Å². The van der Waals surface area contributed by atoms with Gasteiger partial charge in [0.1, 0.15) is 11.4 Å². The molecule has 1 aliphatic heterocycles. The van der Waals surface area contributed by atoms with E-state index in [9.17, 15) is 4.79 Å². The third kappa shape index (κ3) is 3.28. The van der Waals surface area contributed by atoms with Gasteiger partial charge in [0.15, 0.2) is 0 Å². The third-order valence-corrected chi connectivity index (χ3v) is 4.14. The molecule has 7 heteroatoms. The molecule has 2 aromatic rings. The molecule has 3 rings (SSSR count). The Kier molecular flexibility index (Phi) is 5.39. The van der Waals surface area contributed by atoms with E-state index in [2.05, 4.69) is 31.4 Å². The van der Waals surface area contributed by atoms with Crippen molar-refractivity contribution in [3.8, 4) is 11.3 Å². The van der Waals surface area contributed by atoms with Gasteiger partial charge in [-0.25, -0.2) is 0 Å². The lowest BCUT2D eigenvalue weighted by molar-refractivity contribution is 0.0729. The van der Waals surface area contributed by atoms with Crippen molar-refractivity contribution in [2.45, 2.75) is 0 Å². The number of aromatic amines is 1. The molecular formula is C14H16BrClN4O. The molecule has 112 valence electrons. The summed E-state index contributed by atoms with van der Waals surface area (Å²) in [6, 6.07) is 9.80. The standard InChI is InChI=1S/C14H15BrN4O.ClH/c15-11-12(10-4-2-1-3-5-10)17-18-13(11)14(20)19-8-6-16-7-9-19;/h1-5,16H,6-9H2,(H,17,18);1H. The van der Waals surface area contributed by atoms with Crippen molar-refractivity contribution in [1.82, 2.24) is 20.4 Å². The number of halogens is 2. The smallest absolute Gasteiger partial charge is 0.273 e. The molecule has 0 radical (unpaired) electrons. The summed E-state index contributed by atoms with van der Waals surface area (Å²) in [5.74, 6) is -0.00643. The molecule has 21 heavy (non-hydrogen) atoms. The van der Waals surface area contributed by atoms with Crippen molar-refractivity contribution in [3.05, 3.63) is 40.5 Å². The second-order valence-electron chi connectivity index (χ2n) is 4.67. The number of hydrogen-bond donors (Lipinski definition) is 2. The van der Waals surface area contributed by atoms with Crippen LogP contribution < -0.4 is 5.32 Å². The summed E-state index contributed by atoms with van der Waals surface area (Å²) in [4.78, 5) is 14.3. The van der Waals surface area contributed by atoms with Crippen LogP contribution in [0.2, 0.25) is 0 Å². The van der Waals surface area contributed by atoms with Gasteiger partial charge in [0.25, 0.3) is 5.91 Å².